The smallest absolute Gasteiger partial charge is 0.335 e. The van der Waals surface area contributed by atoms with Crippen LogP contribution in [0.2, 0.25) is 0 Å². The standard InChI is InChI=1S/C30H40O5S/c1-7-28(5)16-24(35-25(32)17-36-22-10-8-9-21(15-22)27(33)34)29(6)18(2)11-13-30(20(4)19(28)3)14-12-23(31)26(29)30/h7-10,15,18-20,24,26H,1,11-14,16-17H2,2-6H3,(H,33,34)/t18?,19-,20-,24+,26?,28+,29+,30?/m0/s1. The number of carboxylic acid groups (broad SMARTS) is 1. The number of ketones is 1. The first-order valence-electron chi connectivity index (χ1n) is 13.2. The molecule has 3 unspecified atom stereocenters. The molecule has 2 bridgehead atoms. The number of rotatable bonds is 6. The van der Waals surface area contributed by atoms with Crippen molar-refractivity contribution in [3.8, 4) is 0 Å². The minimum absolute atomic E-state index is 0.0564. The number of hydrogen-bond donors (Lipinski definition) is 1. The number of ether oxygens (including phenoxy) is 1. The molecule has 1 N–H and O–H groups in total. The zero-order valence-electron chi connectivity index (χ0n) is 22.2. The van der Waals surface area contributed by atoms with Crippen molar-refractivity contribution in [1.82, 2.24) is 0 Å². The van der Waals surface area contributed by atoms with Crippen LogP contribution in [0.25, 0.3) is 0 Å². The average Bonchev–Trinajstić information content (AvgIpc) is 3.21. The molecule has 0 aromatic heterocycles. The fourth-order valence-corrected chi connectivity index (χ4v) is 8.61. The lowest BCUT2D eigenvalue weighted by Crippen LogP contribution is -2.61. The third-order valence-electron chi connectivity index (χ3n) is 10.7. The molecular formula is C30H40O5S. The highest BCUT2D eigenvalue weighted by molar-refractivity contribution is 8.00. The maximum Gasteiger partial charge on any atom is 0.335 e. The highest BCUT2D eigenvalue weighted by Gasteiger charge is 2.67. The van der Waals surface area contributed by atoms with Gasteiger partial charge in [0.2, 0.25) is 0 Å². The molecule has 0 radical (unpaired) electrons. The van der Waals surface area contributed by atoms with E-state index in [-0.39, 0.29) is 40.0 Å². The number of carbonyl (C=O) groups excluding carboxylic acids is 2. The monoisotopic (exact) mass is 512 g/mol. The third kappa shape index (κ3) is 4.23. The highest BCUT2D eigenvalue weighted by Crippen LogP contribution is 2.69. The quantitative estimate of drug-likeness (QED) is 0.261. The van der Waals surface area contributed by atoms with Gasteiger partial charge in [0.15, 0.2) is 0 Å². The Morgan fingerprint density at radius 1 is 1.19 bits per heavy atom. The Morgan fingerprint density at radius 3 is 2.58 bits per heavy atom. The van der Waals surface area contributed by atoms with Crippen molar-refractivity contribution in [3.05, 3.63) is 42.5 Å². The van der Waals surface area contributed by atoms with E-state index in [4.69, 9.17) is 4.74 Å². The fraction of sp³-hybridized carbons (Fsp3) is 0.633. The second-order valence-corrected chi connectivity index (χ2v) is 13.1. The average molecular weight is 513 g/mol. The van der Waals surface area contributed by atoms with E-state index in [0.29, 0.717) is 35.4 Å². The lowest BCUT2D eigenvalue weighted by molar-refractivity contribution is -0.196. The summed E-state index contributed by atoms with van der Waals surface area (Å²) in [6.45, 7) is 15.5. The molecule has 196 valence electrons. The van der Waals surface area contributed by atoms with E-state index < -0.39 is 17.5 Å². The summed E-state index contributed by atoms with van der Waals surface area (Å²) in [5.74, 6) is -0.0634. The van der Waals surface area contributed by atoms with Crippen molar-refractivity contribution < 1.29 is 24.2 Å². The van der Waals surface area contributed by atoms with Crippen LogP contribution in [0, 0.1) is 39.9 Å². The van der Waals surface area contributed by atoms with Gasteiger partial charge in [0.1, 0.15) is 11.9 Å². The van der Waals surface area contributed by atoms with Crippen molar-refractivity contribution in [2.75, 3.05) is 5.75 Å². The molecule has 4 rings (SSSR count). The number of carbonyl (C=O) groups is 3. The van der Waals surface area contributed by atoms with Crippen LogP contribution in [0.1, 0.15) is 77.1 Å². The summed E-state index contributed by atoms with van der Waals surface area (Å²) in [7, 11) is 0. The Balaban J connectivity index is 1.65. The molecule has 1 aromatic carbocycles. The molecule has 6 heteroatoms. The maximum absolute atomic E-state index is 13.5. The van der Waals surface area contributed by atoms with Crippen LogP contribution >= 0.6 is 11.8 Å². The van der Waals surface area contributed by atoms with E-state index in [0.717, 1.165) is 19.3 Å². The number of Topliss-reactive ketones (excluding diaryl/α,β-unsaturated/α-hetero) is 1. The van der Waals surface area contributed by atoms with Crippen LogP contribution in [0.15, 0.2) is 41.8 Å². The van der Waals surface area contributed by atoms with Gasteiger partial charge in [-0.1, -0.05) is 46.8 Å². The van der Waals surface area contributed by atoms with Gasteiger partial charge in [-0.3, -0.25) is 9.59 Å². The van der Waals surface area contributed by atoms with E-state index in [1.54, 1.807) is 18.2 Å². The second-order valence-electron chi connectivity index (χ2n) is 12.0. The van der Waals surface area contributed by atoms with Gasteiger partial charge in [-0.15, -0.1) is 18.3 Å². The van der Waals surface area contributed by atoms with Crippen molar-refractivity contribution in [3.63, 3.8) is 0 Å². The normalized spacial score (nSPS) is 40.0. The molecule has 5 nitrogen and oxygen atoms in total. The first-order valence-corrected chi connectivity index (χ1v) is 14.2. The third-order valence-corrected chi connectivity index (χ3v) is 11.6. The number of carboxylic acids is 1. The van der Waals surface area contributed by atoms with Crippen LogP contribution in [0.4, 0.5) is 0 Å². The summed E-state index contributed by atoms with van der Waals surface area (Å²) >= 11 is 1.28. The Bertz CT molecular complexity index is 1070. The van der Waals surface area contributed by atoms with E-state index >= 15 is 0 Å². The first-order chi connectivity index (χ1) is 16.9. The molecule has 0 saturated heterocycles. The van der Waals surface area contributed by atoms with Crippen LogP contribution < -0.4 is 0 Å². The number of aromatic carboxylic acids is 1. The van der Waals surface area contributed by atoms with E-state index in [1.807, 2.05) is 6.08 Å². The van der Waals surface area contributed by atoms with Crippen molar-refractivity contribution >= 4 is 29.5 Å². The molecule has 1 aromatic rings. The summed E-state index contributed by atoms with van der Waals surface area (Å²) in [5.41, 5.74) is -0.527. The molecule has 36 heavy (non-hydrogen) atoms. The Kier molecular flexibility index (Phi) is 7.24. The van der Waals surface area contributed by atoms with Gasteiger partial charge in [0.25, 0.3) is 0 Å². The summed E-state index contributed by atoms with van der Waals surface area (Å²) < 4.78 is 6.34. The van der Waals surface area contributed by atoms with E-state index in [1.165, 1.54) is 17.8 Å². The minimum atomic E-state index is -0.995. The van der Waals surface area contributed by atoms with Crippen LogP contribution in [0.5, 0.6) is 0 Å². The Hall–Kier alpha value is -2.08. The summed E-state index contributed by atoms with van der Waals surface area (Å²) in [4.78, 5) is 38.8. The van der Waals surface area contributed by atoms with Crippen molar-refractivity contribution in [2.45, 2.75) is 77.7 Å². The fourth-order valence-electron chi connectivity index (χ4n) is 7.87. The summed E-state index contributed by atoms with van der Waals surface area (Å²) in [6, 6.07) is 6.59. The van der Waals surface area contributed by atoms with Gasteiger partial charge >= 0.3 is 11.9 Å². The molecule has 0 heterocycles. The van der Waals surface area contributed by atoms with Gasteiger partial charge in [-0.05, 0) is 72.5 Å². The Labute approximate surface area is 219 Å². The number of benzene rings is 1. The number of hydrogen-bond acceptors (Lipinski definition) is 5. The molecular weight excluding hydrogens is 472 g/mol. The molecule has 0 spiro atoms. The van der Waals surface area contributed by atoms with Crippen LogP contribution in [-0.2, 0) is 14.3 Å². The van der Waals surface area contributed by atoms with Crippen molar-refractivity contribution in [1.29, 1.82) is 0 Å². The molecule has 0 amide bonds. The zero-order valence-corrected chi connectivity index (χ0v) is 23.0. The first kappa shape index (κ1) is 27.0. The molecule has 3 aliphatic carbocycles. The van der Waals surface area contributed by atoms with Gasteiger partial charge in [0.05, 0.1) is 11.3 Å². The molecule has 0 aliphatic heterocycles. The van der Waals surface area contributed by atoms with Gasteiger partial charge in [0, 0.05) is 22.6 Å². The molecule has 3 fully saturated rings. The van der Waals surface area contributed by atoms with Crippen LogP contribution in [0.3, 0.4) is 0 Å². The predicted octanol–water partition coefficient (Wildman–Crippen LogP) is 6.66. The summed E-state index contributed by atoms with van der Waals surface area (Å²) in [5, 5.41) is 9.26. The number of esters is 1. The van der Waals surface area contributed by atoms with Gasteiger partial charge in [-0.2, -0.15) is 0 Å². The lowest BCUT2D eigenvalue weighted by atomic mass is 9.42. The minimum Gasteiger partial charge on any atom is -0.478 e. The second kappa shape index (κ2) is 9.66. The number of allylic oxidation sites excluding steroid dienone is 1. The SMILES string of the molecule is C=C[C@]1(C)C[C@@H](OC(=O)CSc2cccc(C(=O)O)c2)[C@@]2(C)C(C)CCC3(CCC(=O)C32)[C@@H](C)[C@@H]1C. The summed E-state index contributed by atoms with van der Waals surface area (Å²) in [6.07, 6.45) is 5.92. The molecule has 8 atom stereocenters. The van der Waals surface area contributed by atoms with E-state index in [9.17, 15) is 19.5 Å². The maximum atomic E-state index is 13.5. The van der Waals surface area contributed by atoms with Gasteiger partial charge < -0.3 is 9.84 Å². The predicted molar refractivity (Wildman–Crippen MR) is 142 cm³/mol. The van der Waals surface area contributed by atoms with E-state index in [2.05, 4.69) is 41.2 Å². The lowest BCUT2D eigenvalue weighted by Gasteiger charge is -2.62. The molecule has 3 saturated carbocycles. The van der Waals surface area contributed by atoms with Crippen LogP contribution in [-0.4, -0.2) is 34.7 Å². The topological polar surface area (TPSA) is 80.7 Å². The molecule has 3 aliphatic rings. The van der Waals surface area contributed by atoms with Crippen molar-refractivity contribution in [2.24, 2.45) is 39.9 Å². The zero-order chi connectivity index (χ0) is 26.5. The number of thioether (sulfide) groups is 1. The Morgan fingerprint density at radius 2 is 1.92 bits per heavy atom. The van der Waals surface area contributed by atoms with Gasteiger partial charge in [-0.25, -0.2) is 4.79 Å². The highest BCUT2D eigenvalue weighted by atomic mass is 32.2. The largest absolute Gasteiger partial charge is 0.478 e.